The van der Waals surface area contributed by atoms with Crippen molar-refractivity contribution >= 4 is 22.7 Å². The standard InChI is InChI=1S/C14H17N3O2/c1-9(6-13(15)18)17-14(19)7-10-8-16-12-5-3-2-4-11(10)12/h2-5,8-9,16H,6-7H2,1H3,(H2,15,18)(H,17,19). The Morgan fingerprint density at radius 1 is 1.37 bits per heavy atom. The Hall–Kier alpha value is -2.30. The molecule has 1 aromatic heterocycles. The molecule has 1 heterocycles. The number of hydrogen-bond donors (Lipinski definition) is 3. The highest BCUT2D eigenvalue weighted by atomic mass is 16.2. The lowest BCUT2D eigenvalue weighted by atomic mass is 10.1. The van der Waals surface area contributed by atoms with Crippen molar-refractivity contribution in [3.63, 3.8) is 0 Å². The van der Waals surface area contributed by atoms with Gasteiger partial charge in [-0.2, -0.15) is 0 Å². The molecule has 0 aliphatic carbocycles. The van der Waals surface area contributed by atoms with Gasteiger partial charge in [-0.15, -0.1) is 0 Å². The van der Waals surface area contributed by atoms with E-state index in [9.17, 15) is 9.59 Å². The van der Waals surface area contributed by atoms with Crippen LogP contribution in [0.4, 0.5) is 0 Å². The summed E-state index contributed by atoms with van der Waals surface area (Å²) in [6.45, 7) is 1.76. The molecule has 0 radical (unpaired) electrons. The largest absolute Gasteiger partial charge is 0.370 e. The van der Waals surface area contributed by atoms with E-state index < -0.39 is 5.91 Å². The first-order chi connectivity index (χ1) is 9.06. The Kier molecular flexibility index (Phi) is 3.85. The van der Waals surface area contributed by atoms with Gasteiger partial charge >= 0.3 is 0 Å². The summed E-state index contributed by atoms with van der Waals surface area (Å²) in [5, 5.41) is 3.80. The van der Waals surface area contributed by atoms with Crippen LogP contribution in [-0.2, 0) is 16.0 Å². The van der Waals surface area contributed by atoms with Crippen LogP contribution in [0, 0.1) is 0 Å². The van der Waals surface area contributed by atoms with E-state index in [4.69, 9.17) is 5.73 Å². The van der Waals surface area contributed by atoms with Gasteiger partial charge in [-0.1, -0.05) is 18.2 Å². The number of hydrogen-bond acceptors (Lipinski definition) is 2. The summed E-state index contributed by atoms with van der Waals surface area (Å²) in [6, 6.07) is 7.58. The van der Waals surface area contributed by atoms with Gasteiger partial charge in [-0.25, -0.2) is 0 Å². The van der Waals surface area contributed by atoms with E-state index in [0.717, 1.165) is 16.5 Å². The van der Waals surface area contributed by atoms with E-state index in [-0.39, 0.29) is 24.8 Å². The molecule has 2 rings (SSSR count). The van der Waals surface area contributed by atoms with Gasteiger partial charge in [0.15, 0.2) is 0 Å². The van der Waals surface area contributed by atoms with Crippen LogP contribution in [0.3, 0.4) is 0 Å². The molecular formula is C14H17N3O2. The number of primary amides is 1. The first-order valence-corrected chi connectivity index (χ1v) is 6.19. The van der Waals surface area contributed by atoms with Crippen molar-refractivity contribution in [3.05, 3.63) is 36.0 Å². The Balaban J connectivity index is 2.01. The van der Waals surface area contributed by atoms with Crippen molar-refractivity contribution in [2.75, 3.05) is 0 Å². The number of nitrogens with two attached hydrogens (primary N) is 1. The number of nitrogens with one attached hydrogen (secondary N) is 2. The Morgan fingerprint density at radius 3 is 2.84 bits per heavy atom. The summed E-state index contributed by atoms with van der Waals surface area (Å²) in [5.74, 6) is -0.529. The summed E-state index contributed by atoms with van der Waals surface area (Å²) in [5.41, 5.74) is 7.04. The van der Waals surface area contributed by atoms with Gasteiger partial charge in [-0.05, 0) is 18.6 Å². The number of carbonyl (C=O) groups is 2. The molecule has 0 fully saturated rings. The van der Waals surface area contributed by atoms with E-state index >= 15 is 0 Å². The predicted molar refractivity (Wildman–Crippen MR) is 73.4 cm³/mol. The smallest absolute Gasteiger partial charge is 0.224 e. The molecule has 5 heteroatoms. The van der Waals surface area contributed by atoms with Gasteiger partial charge in [0.25, 0.3) is 0 Å². The maximum atomic E-state index is 11.9. The van der Waals surface area contributed by atoms with E-state index in [1.165, 1.54) is 0 Å². The van der Waals surface area contributed by atoms with Gasteiger partial charge in [-0.3, -0.25) is 9.59 Å². The van der Waals surface area contributed by atoms with E-state index in [2.05, 4.69) is 10.3 Å². The number of carbonyl (C=O) groups excluding carboxylic acids is 2. The Bertz CT molecular complexity index is 604. The molecule has 1 atom stereocenters. The minimum absolute atomic E-state index is 0.112. The molecule has 5 nitrogen and oxygen atoms in total. The van der Waals surface area contributed by atoms with Gasteiger partial charge in [0, 0.05) is 29.6 Å². The lowest BCUT2D eigenvalue weighted by molar-refractivity contribution is -0.121. The molecular weight excluding hydrogens is 242 g/mol. The third-order valence-electron chi connectivity index (χ3n) is 2.94. The van der Waals surface area contributed by atoms with Crippen LogP contribution in [-0.4, -0.2) is 22.8 Å². The summed E-state index contributed by atoms with van der Waals surface area (Å²) in [4.78, 5) is 25.7. The van der Waals surface area contributed by atoms with Crippen molar-refractivity contribution in [3.8, 4) is 0 Å². The van der Waals surface area contributed by atoms with Crippen LogP contribution in [0.25, 0.3) is 10.9 Å². The van der Waals surface area contributed by atoms with Crippen molar-refractivity contribution in [2.24, 2.45) is 5.73 Å². The van der Waals surface area contributed by atoms with E-state index in [1.54, 1.807) is 6.92 Å². The molecule has 19 heavy (non-hydrogen) atoms. The number of aromatic amines is 1. The molecule has 1 aromatic carbocycles. The monoisotopic (exact) mass is 259 g/mol. The SMILES string of the molecule is CC(CC(N)=O)NC(=O)Cc1c[nH]c2ccccc12. The fourth-order valence-electron chi connectivity index (χ4n) is 2.13. The Labute approximate surface area is 111 Å². The van der Waals surface area contributed by atoms with Crippen molar-refractivity contribution < 1.29 is 9.59 Å². The molecule has 4 N–H and O–H groups in total. The molecule has 0 bridgehead atoms. The molecule has 100 valence electrons. The second-order valence-corrected chi connectivity index (χ2v) is 4.68. The molecule has 0 saturated carbocycles. The topological polar surface area (TPSA) is 88.0 Å². The van der Waals surface area contributed by atoms with Gasteiger partial charge in [0.1, 0.15) is 0 Å². The number of fused-ring (bicyclic) bond motifs is 1. The highest BCUT2D eigenvalue weighted by molar-refractivity contribution is 5.89. The highest BCUT2D eigenvalue weighted by Gasteiger charge is 2.12. The minimum Gasteiger partial charge on any atom is -0.370 e. The van der Waals surface area contributed by atoms with Gasteiger partial charge in [0.2, 0.25) is 11.8 Å². The van der Waals surface area contributed by atoms with Crippen molar-refractivity contribution in [1.82, 2.24) is 10.3 Å². The lowest BCUT2D eigenvalue weighted by Crippen LogP contribution is -2.36. The van der Waals surface area contributed by atoms with E-state index in [0.29, 0.717) is 0 Å². The lowest BCUT2D eigenvalue weighted by Gasteiger charge is -2.11. The van der Waals surface area contributed by atoms with Crippen LogP contribution >= 0.6 is 0 Å². The third kappa shape index (κ3) is 3.34. The molecule has 2 aromatic rings. The third-order valence-corrected chi connectivity index (χ3v) is 2.94. The zero-order valence-electron chi connectivity index (χ0n) is 10.8. The van der Waals surface area contributed by atoms with Crippen LogP contribution in [0.15, 0.2) is 30.5 Å². The van der Waals surface area contributed by atoms with Gasteiger partial charge in [0.05, 0.1) is 6.42 Å². The highest BCUT2D eigenvalue weighted by Crippen LogP contribution is 2.17. The first-order valence-electron chi connectivity index (χ1n) is 6.19. The Morgan fingerprint density at radius 2 is 2.11 bits per heavy atom. The zero-order chi connectivity index (χ0) is 13.8. The summed E-state index contributed by atoms with van der Waals surface area (Å²) < 4.78 is 0. The number of H-pyrrole nitrogens is 1. The molecule has 2 amide bonds. The predicted octanol–water partition coefficient (Wildman–Crippen LogP) is 1.09. The average molecular weight is 259 g/mol. The van der Waals surface area contributed by atoms with Crippen LogP contribution in [0.1, 0.15) is 18.9 Å². The second kappa shape index (κ2) is 5.56. The average Bonchev–Trinajstić information content (AvgIpc) is 2.71. The number of benzene rings is 1. The van der Waals surface area contributed by atoms with Crippen LogP contribution in [0.2, 0.25) is 0 Å². The fourth-order valence-corrected chi connectivity index (χ4v) is 2.13. The maximum absolute atomic E-state index is 11.9. The summed E-state index contributed by atoms with van der Waals surface area (Å²) in [7, 11) is 0. The molecule has 0 aliphatic heterocycles. The van der Waals surface area contributed by atoms with Crippen molar-refractivity contribution in [1.29, 1.82) is 0 Å². The number of amides is 2. The van der Waals surface area contributed by atoms with Crippen molar-refractivity contribution in [2.45, 2.75) is 25.8 Å². The minimum atomic E-state index is -0.417. The second-order valence-electron chi connectivity index (χ2n) is 4.68. The molecule has 0 aliphatic rings. The molecule has 0 spiro atoms. The summed E-state index contributed by atoms with van der Waals surface area (Å²) in [6.07, 6.45) is 2.27. The number of para-hydroxylation sites is 1. The first kappa shape index (κ1) is 13.1. The normalized spacial score (nSPS) is 12.3. The van der Waals surface area contributed by atoms with Crippen LogP contribution < -0.4 is 11.1 Å². The molecule has 1 unspecified atom stereocenters. The number of aromatic nitrogens is 1. The maximum Gasteiger partial charge on any atom is 0.224 e. The number of rotatable bonds is 5. The fraction of sp³-hybridized carbons (Fsp3) is 0.286. The molecule has 0 saturated heterocycles. The van der Waals surface area contributed by atoms with Crippen LogP contribution in [0.5, 0.6) is 0 Å². The van der Waals surface area contributed by atoms with Gasteiger partial charge < -0.3 is 16.0 Å². The zero-order valence-corrected chi connectivity index (χ0v) is 10.8. The summed E-state index contributed by atoms with van der Waals surface area (Å²) >= 11 is 0. The quantitative estimate of drug-likeness (QED) is 0.750. The van der Waals surface area contributed by atoms with E-state index in [1.807, 2.05) is 30.5 Å².